The van der Waals surface area contributed by atoms with Gasteiger partial charge in [0.15, 0.2) is 0 Å². The number of benzene rings is 2. The van der Waals surface area contributed by atoms with Crippen LogP contribution in [0.4, 0.5) is 18.0 Å². The lowest BCUT2D eigenvalue weighted by atomic mass is 9.86. The Labute approximate surface area is 212 Å². The second-order valence-corrected chi connectivity index (χ2v) is 9.18. The molecule has 2 aliphatic heterocycles. The molecule has 9 nitrogen and oxygen atoms in total. The largest absolute Gasteiger partial charge is 0.493 e. The third-order valence-electron chi connectivity index (χ3n) is 6.82. The Morgan fingerprint density at radius 1 is 1.22 bits per heavy atom. The molecule has 0 spiro atoms. The number of alkyl halides is 3. The maximum Gasteiger partial charge on any atom is 0.453 e. The number of halogens is 3. The average Bonchev–Trinajstić information content (AvgIpc) is 3.58. The molecule has 2 aliphatic rings. The summed E-state index contributed by atoms with van der Waals surface area (Å²) in [7, 11) is 0. The van der Waals surface area contributed by atoms with Crippen molar-refractivity contribution in [2.45, 2.75) is 44.4 Å². The molecule has 2 amide bonds. The molecule has 5 rings (SSSR count). The zero-order valence-corrected chi connectivity index (χ0v) is 20.3. The number of nitrogens with zero attached hydrogens (tertiary/aromatic N) is 5. The molecule has 0 radical (unpaired) electrons. The van der Waals surface area contributed by atoms with Gasteiger partial charge in [-0.2, -0.15) is 17.9 Å². The fourth-order valence-corrected chi connectivity index (χ4v) is 5.08. The van der Waals surface area contributed by atoms with E-state index in [1.54, 1.807) is 12.1 Å². The van der Waals surface area contributed by atoms with Gasteiger partial charge in [0.25, 0.3) is 5.82 Å². The van der Waals surface area contributed by atoms with Crippen LogP contribution in [0.1, 0.15) is 41.8 Å². The van der Waals surface area contributed by atoms with Crippen molar-refractivity contribution < 1.29 is 22.7 Å². The number of ether oxygens (including phenoxy) is 1. The van der Waals surface area contributed by atoms with Gasteiger partial charge in [0.1, 0.15) is 5.75 Å². The molecule has 1 aromatic heterocycles. The summed E-state index contributed by atoms with van der Waals surface area (Å²) < 4.78 is 46.9. The molecular weight excluding hydrogens is 487 g/mol. The van der Waals surface area contributed by atoms with Crippen molar-refractivity contribution in [3.05, 3.63) is 65.0 Å². The number of tetrazole rings is 1. The Kier molecular flexibility index (Phi) is 7.00. The van der Waals surface area contributed by atoms with Crippen molar-refractivity contribution in [2.24, 2.45) is 0 Å². The smallest absolute Gasteiger partial charge is 0.453 e. The van der Waals surface area contributed by atoms with Gasteiger partial charge >= 0.3 is 12.2 Å². The molecule has 0 aliphatic carbocycles. The van der Waals surface area contributed by atoms with Crippen molar-refractivity contribution in [1.82, 2.24) is 35.7 Å². The number of carbonyl (C=O) groups is 1. The van der Waals surface area contributed by atoms with E-state index in [2.05, 4.69) is 38.3 Å². The van der Waals surface area contributed by atoms with E-state index in [0.717, 1.165) is 27.8 Å². The maximum absolute atomic E-state index is 13.4. The van der Waals surface area contributed by atoms with Crippen LogP contribution >= 0.6 is 0 Å². The molecule has 0 bridgehead atoms. The fourth-order valence-electron chi connectivity index (χ4n) is 5.08. The van der Waals surface area contributed by atoms with Gasteiger partial charge in [0.05, 0.1) is 12.3 Å². The van der Waals surface area contributed by atoms with E-state index in [9.17, 15) is 18.0 Å². The summed E-state index contributed by atoms with van der Waals surface area (Å²) in [4.78, 5) is 14.3. The molecule has 2 unspecified atom stereocenters. The lowest BCUT2D eigenvalue weighted by molar-refractivity contribution is -0.146. The number of aromatic nitrogens is 4. The first-order chi connectivity index (χ1) is 17.8. The number of piperidine rings is 1. The van der Waals surface area contributed by atoms with Crippen LogP contribution < -0.4 is 15.4 Å². The normalized spacial score (nSPS) is 19.4. The summed E-state index contributed by atoms with van der Waals surface area (Å²) in [5.74, 6) is -0.438. The van der Waals surface area contributed by atoms with Crippen molar-refractivity contribution in [1.29, 1.82) is 0 Å². The Hall–Kier alpha value is -3.67. The third-order valence-corrected chi connectivity index (χ3v) is 6.82. The van der Waals surface area contributed by atoms with E-state index in [4.69, 9.17) is 4.74 Å². The average molecular weight is 516 g/mol. The number of carbonyl (C=O) groups excluding carboxylic acids is 1. The van der Waals surface area contributed by atoms with Gasteiger partial charge in [-0.3, -0.25) is 0 Å². The van der Waals surface area contributed by atoms with E-state index in [1.165, 1.54) is 0 Å². The van der Waals surface area contributed by atoms with E-state index in [-0.39, 0.29) is 23.7 Å². The maximum atomic E-state index is 13.4. The quantitative estimate of drug-likeness (QED) is 0.523. The molecule has 37 heavy (non-hydrogen) atoms. The summed E-state index contributed by atoms with van der Waals surface area (Å²) in [5, 5.41) is 16.5. The van der Waals surface area contributed by atoms with Crippen molar-refractivity contribution in [3.8, 4) is 11.4 Å². The summed E-state index contributed by atoms with van der Waals surface area (Å²) in [5.41, 5.74) is 2.92. The number of amides is 2. The highest BCUT2D eigenvalue weighted by Gasteiger charge is 2.39. The van der Waals surface area contributed by atoms with E-state index < -0.39 is 12.0 Å². The topological polar surface area (TPSA) is 97.2 Å². The van der Waals surface area contributed by atoms with Gasteiger partial charge in [0.2, 0.25) is 0 Å². The van der Waals surface area contributed by atoms with Crippen LogP contribution in [-0.4, -0.2) is 63.4 Å². The van der Waals surface area contributed by atoms with Crippen LogP contribution in [0.5, 0.6) is 5.75 Å². The van der Waals surface area contributed by atoms with Crippen LogP contribution in [0.25, 0.3) is 5.69 Å². The van der Waals surface area contributed by atoms with Gasteiger partial charge in [-0.15, -0.1) is 5.10 Å². The second kappa shape index (κ2) is 10.4. The summed E-state index contributed by atoms with van der Waals surface area (Å²) >= 11 is 0. The monoisotopic (exact) mass is 515 g/mol. The first-order valence-electron chi connectivity index (χ1n) is 12.3. The number of nitrogens with one attached hydrogen (secondary N) is 2. The molecule has 1 fully saturated rings. The zero-order valence-electron chi connectivity index (χ0n) is 20.3. The second-order valence-electron chi connectivity index (χ2n) is 9.18. The van der Waals surface area contributed by atoms with E-state index in [1.807, 2.05) is 30.0 Å². The first kappa shape index (κ1) is 25.0. The third kappa shape index (κ3) is 5.24. The lowest BCUT2D eigenvalue weighted by Crippen LogP contribution is -2.52. The standard InChI is InChI=1S/C25H28F3N7O2/c1-2-29-24(36)34-10-8-21(20(15-34)16-6-4-3-5-7-16)30-14-18-13-19(12-17-9-11-37-22(17)18)35-23(25(26,27)28)31-32-33-35/h3-7,12-13,20-21,30H,2,8-11,14-15H2,1H3,(H,29,36). The predicted octanol–water partition coefficient (Wildman–Crippen LogP) is 3.29. The highest BCUT2D eigenvalue weighted by molar-refractivity contribution is 5.74. The van der Waals surface area contributed by atoms with Gasteiger partial charge in [-0.05, 0) is 47.0 Å². The highest BCUT2D eigenvalue weighted by Crippen LogP contribution is 2.35. The molecule has 196 valence electrons. The predicted molar refractivity (Wildman–Crippen MR) is 128 cm³/mol. The Balaban J connectivity index is 1.40. The summed E-state index contributed by atoms with van der Waals surface area (Å²) in [6.07, 6.45) is -3.36. The molecule has 0 saturated carbocycles. The molecule has 2 atom stereocenters. The molecule has 12 heteroatoms. The summed E-state index contributed by atoms with van der Waals surface area (Å²) in [6, 6.07) is 13.3. The number of fused-ring (bicyclic) bond motifs is 1. The number of urea groups is 1. The van der Waals surface area contributed by atoms with Crippen molar-refractivity contribution in [3.63, 3.8) is 0 Å². The molecule has 1 saturated heterocycles. The van der Waals surface area contributed by atoms with Crippen molar-refractivity contribution in [2.75, 3.05) is 26.2 Å². The molecule has 2 aromatic carbocycles. The van der Waals surface area contributed by atoms with Crippen LogP contribution in [0.2, 0.25) is 0 Å². The number of likely N-dealkylation sites (tertiary alicyclic amines) is 1. The molecule has 2 N–H and O–H groups in total. The molecule has 3 aromatic rings. The minimum Gasteiger partial charge on any atom is -0.493 e. The number of hydrogen-bond acceptors (Lipinski definition) is 6. The summed E-state index contributed by atoms with van der Waals surface area (Å²) in [6.45, 7) is 4.46. The number of hydrogen-bond donors (Lipinski definition) is 2. The van der Waals surface area contributed by atoms with Gasteiger partial charge in [0, 0.05) is 50.1 Å². The van der Waals surface area contributed by atoms with Crippen molar-refractivity contribution >= 4 is 6.03 Å². The SMILES string of the molecule is CCNC(=O)N1CCC(NCc2cc(-n3nnnc3C(F)(F)F)cc3c2OCC3)C(c2ccccc2)C1. The van der Waals surface area contributed by atoms with Crippen LogP contribution in [0.3, 0.4) is 0 Å². The Morgan fingerprint density at radius 3 is 2.78 bits per heavy atom. The van der Waals surface area contributed by atoms with Gasteiger partial charge in [-0.25, -0.2) is 4.79 Å². The van der Waals surface area contributed by atoms with E-state index in [0.29, 0.717) is 45.0 Å². The Morgan fingerprint density at radius 2 is 2.03 bits per heavy atom. The number of rotatable bonds is 6. The first-order valence-corrected chi connectivity index (χ1v) is 12.3. The zero-order chi connectivity index (χ0) is 26.0. The highest BCUT2D eigenvalue weighted by atomic mass is 19.4. The van der Waals surface area contributed by atoms with Crippen LogP contribution in [0, 0.1) is 0 Å². The van der Waals surface area contributed by atoms with Crippen LogP contribution in [-0.2, 0) is 19.1 Å². The lowest BCUT2D eigenvalue weighted by Gasteiger charge is -2.39. The van der Waals surface area contributed by atoms with Gasteiger partial charge < -0.3 is 20.3 Å². The Bertz CT molecular complexity index is 1250. The molecular formula is C25H28F3N7O2. The van der Waals surface area contributed by atoms with Crippen LogP contribution in [0.15, 0.2) is 42.5 Å². The minimum atomic E-state index is -4.68. The molecule has 3 heterocycles. The fraction of sp³-hybridized carbons (Fsp3) is 0.440. The van der Waals surface area contributed by atoms with E-state index >= 15 is 0 Å². The minimum absolute atomic E-state index is 0.0473. The van der Waals surface area contributed by atoms with Gasteiger partial charge in [-0.1, -0.05) is 30.3 Å².